The van der Waals surface area contributed by atoms with Crippen LogP contribution in [-0.2, 0) is 9.53 Å². The summed E-state index contributed by atoms with van der Waals surface area (Å²) in [5, 5.41) is 6.04. The maximum absolute atomic E-state index is 11.3. The summed E-state index contributed by atoms with van der Waals surface area (Å²) < 4.78 is 5.01. The fourth-order valence-corrected chi connectivity index (χ4v) is 1.42. The summed E-state index contributed by atoms with van der Waals surface area (Å²) in [6.45, 7) is 4.93. The number of rotatable bonds is 8. The normalized spacial score (nSPS) is 17.5. The van der Waals surface area contributed by atoms with Crippen LogP contribution in [0.3, 0.4) is 0 Å². The van der Waals surface area contributed by atoms with Crippen LogP contribution in [0.15, 0.2) is 0 Å². The van der Waals surface area contributed by atoms with Crippen molar-refractivity contribution in [3.63, 3.8) is 0 Å². The molecule has 0 radical (unpaired) electrons. The molecule has 4 heteroatoms. The first-order valence-corrected chi connectivity index (χ1v) is 5.68. The highest BCUT2D eigenvalue weighted by molar-refractivity contribution is 5.77. The van der Waals surface area contributed by atoms with Crippen LogP contribution >= 0.6 is 0 Å². The molecule has 0 aliphatic heterocycles. The summed E-state index contributed by atoms with van der Waals surface area (Å²) in [6, 6.07) is 0. The van der Waals surface area contributed by atoms with Crippen molar-refractivity contribution in [1.29, 1.82) is 0 Å². The van der Waals surface area contributed by atoms with E-state index in [2.05, 4.69) is 17.6 Å². The maximum Gasteiger partial charge on any atom is 0.233 e. The molecule has 2 N–H and O–H groups in total. The van der Waals surface area contributed by atoms with Crippen molar-refractivity contribution < 1.29 is 9.53 Å². The predicted molar refractivity (Wildman–Crippen MR) is 59.6 cm³/mol. The number of hydrogen-bond donors (Lipinski definition) is 2. The Labute approximate surface area is 91.8 Å². The Bertz CT molecular complexity index is 193. The Kier molecular flexibility index (Phi) is 5.65. The molecule has 1 atom stereocenters. The summed E-state index contributed by atoms with van der Waals surface area (Å²) in [5.41, 5.74) is 0. The van der Waals surface area contributed by atoms with Crippen LogP contribution in [0.5, 0.6) is 0 Å². The molecule has 15 heavy (non-hydrogen) atoms. The van der Waals surface area contributed by atoms with E-state index in [0.29, 0.717) is 12.5 Å². The highest BCUT2D eigenvalue weighted by Gasteiger charge is 2.21. The van der Waals surface area contributed by atoms with Gasteiger partial charge >= 0.3 is 0 Å². The van der Waals surface area contributed by atoms with Gasteiger partial charge in [-0.2, -0.15) is 0 Å². The van der Waals surface area contributed by atoms with E-state index in [9.17, 15) is 4.79 Å². The number of methoxy groups -OCH3 is 1. The van der Waals surface area contributed by atoms with E-state index >= 15 is 0 Å². The molecule has 0 aromatic heterocycles. The number of amides is 1. The van der Waals surface area contributed by atoms with E-state index < -0.39 is 0 Å². The monoisotopic (exact) mass is 214 g/mol. The Balaban J connectivity index is 1.91. The molecule has 88 valence electrons. The Morgan fingerprint density at radius 1 is 1.53 bits per heavy atom. The smallest absolute Gasteiger partial charge is 0.233 e. The lowest BCUT2D eigenvalue weighted by atomic mass is 10.2. The Morgan fingerprint density at radius 3 is 2.87 bits per heavy atom. The van der Waals surface area contributed by atoms with Gasteiger partial charge in [0.2, 0.25) is 5.91 Å². The molecule has 0 bridgehead atoms. The van der Waals surface area contributed by atoms with Crippen LogP contribution in [-0.4, -0.2) is 39.3 Å². The van der Waals surface area contributed by atoms with Gasteiger partial charge in [0.15, 0.2) is 0 Å². The van der Waals surface area contributed by atoms with E-state index in [0.717, 1.165) is 25.6 Å². The molecule has 0 aromatic carbocycles. The number of hydrogen-bond acceptors (Lipinski definition) is 3. The molecule has 0 heterocycles. The quantitative estimate of drug-likeness (QED) is 0.614. The summed E-state index contributed by atoms with van der Waals surface area (Å²) >= 11 is 0. The zero-order chi connectivity index (χ0) is 11.1. The molecule has 0 aromatic rings. The Hall–Kier alpha value is -0.610. The molecule has 1 aliphatic rings. The minimum absolute atomic E-state index is 0.103. The molecule has 1 fully saturated rings. The van der Waals surface area contributed by atoms with Crippen LogP contribution < -0.4 is 10.6 Å². The lowest BCUT2D eigenvalue weighted by Crippen LogP contribution is -2.37. The van der Waals surface area contributed by atoms with Gasteiger partial charge in [-0.15, -0.1) is 0 Å². The van der Waals surface area contributed by atoms with Crippen molar-refractivity contribution in [1.82, 2.24) is 10.6 Å². The van der Waals surface area contributed by atoms with E-state index in [1.165, 1.54) is 12.8 Å². The van der Waals surface area contributed by atoms with Gasteiger partial charge in [0, 0.05) is 26.8 Å². The van der Waals surface area contributed by atoms with Crippen LogP contribution in [0.2, 0.25) is 0 Å². The standard InChI is InChI=1S/C11H22N2O2/c1-9(8-15-2)5-12-7-11(14)13-6-10-3-4-10/h9-10,12H,3-8H2,1-2H3,(H,13,14). The average Bonchev–Trinajstić information content (AvgIpc) is 2.98. The molecule has 0 spiro atoms. The molecule has 1 amide bonds. The summed E-state index contributed by atoms with van der Waals surface area (Å²) in [4.78, 5) is 11.3. The van der Waals surface area contributed by atoms with Gasteiger partial charge < -0.3 is 15.4 Å². The molecular formula is C11H22N2O2. The second-order valence-corrected chi connectivity index (χ2v) is 4.44. The van der Waals surface area contributed by atoms with Crippen molar-refractivity contribution >= 4 is 5.91 Å². The maximum atomic E-state index is 11.3. The molecule has 1 rings (SSSR count). The third-order valence-electron chi connectivity index (χ3n) is 2.51. The zero-order valence-electron chi connectivity index (χ0n) is 9.71. The first-order valence-electron chi connectivity index (χ1n) is 5.68. The van der Waals surface area contributed by atoms with Gasteiger partial charge in [0.1, 0.15) is 0 Å². The van der Waals surface area contributed by atoms with Crippen molar-refractivity contribution in [2.24, 2.45) is 11.8 Å². The zero-order valence-corrected chi connectivity index (χ0v) is 9.71. The first kappa shape index (κ1) is 12.5. The first-order chi connectivity index (χ1) is 7.22. The van der Waals surface area contributed by atoms with Crippen molar-refractivity contribution in [3.05, 3.63) is 0 Å². The molecule has 1 unspecified atom stereocenters. The van der Waals surface area contributed by atoms with E-state index in [1.54, 1.807) is 7.11 Å². The van der Waals surface area contributed by atoms with Gasteiger partial charge in [-0.3, -0.25) is 4.79 Å². The summed E-state index contributed by atoms with van der Waals surface area (Å²) in [7, 11) is 1.69. The fraction of sp³-hybridized carbons (Fsp3) is 0.909. The fourth-order valence-electron chi connectivity index (χ4n) is 1.42. The number of ether oxygens (including phenoxy) is 1. The highest BCUT2D eigenvalue weighted by Crippen LogP contribution is 2.27. The molecule has 1 aliphatic carbocycles. The molecule has 4 nitrogen and oxygen atoms in total. The molecular weight excluding hydrogens is 192 g/mol. The lowest BCUT2D eigenvalue weighted by molar-refractivity contribution is -0.120. The highest BCUT2D eigenvalue weighted by atomic mass is 16.5. The third kappa shape index (κ3) is 6.47. The second kappa shape index (κ2) is 6.80. The number of carbonyl (C=O) groups excluding carboxylic acids is 1. The largest absolute Gasteiger partial charge is 0.384 e. The number of carbonyl (C=O) groups is 1. The van der Waals surface area contributed by atoms with Gasteiger partial charge in [0.25, 0.3) is 0 Å². The van der Waals surface area contributed by atoms with E-state index in [1.807, 2.05) is 0 Å². The van der Waals surface area contributed by atoms with Crippen LogP contribution in [0, 0.1) is 11.8 Å². The minimum Gasteiger partial charge on any atom is -0.384 e. The van der Waals surface area contributed by atoms with Gasteiger partial charge in [-0.25, -0.2) is 0 Å². The van der Waals surface area contributed by atoms with Gasteiger partial charge in [-0.05, 0) is 24.7 Å². The summed E-state index contributed by atoms with van der Waals surface area (Å²) in [5.74, 6) is 1.30. The third-order valence-corrected chi connectivity index (χ3v) is 2.51. The molecule has 0 saturated heterocycles. The molecule has 1 saturated carbocycles. The van der Waals surface area contributed by atoms with Crippen LogP contribution in [0.25, 0.3) is 0 Å². The summed E-state index contributed by atoms with van der Waals surface area (Å²) in [6.07, 6.45) is 2.55. The van der Waals surface area contributed by atoms with E-state index in [4.69, 9.17) is 4.74 Å². The van der Waals surface area contributed by atoms with Crippen molar-refractivity contribution in [2.75, 3.05) is 33.4 Å². The van der Waals surface area contributed by atoms with Crippen LogP contribution in [0.1, 0.15) is 19.8 Å². The van der Waals surface area contributed by atoms with Gasteiger partial charge in [-0.1, -0.05) is 6.92 Å². The average molecular weight is 214 g/mol. The van der Waals surface area contributed by atoms with Crippen molar-refractivity contribution in [3.8, 4) is 0 Å². The Morgan fingerprint density at radius 2 is 2.27 bits per heavy atom. The van der Waals surface area contributed by atoms with Crippen molar-refractivity contribution in [2.45, 2.75) is 19.8 Å². The van der Waals surface area contributed by atoms with Crippen LogP contribution in [0.4, 0.5) is 0 Å². The predicted octanol–water partition coefficient (Wildman–Crippen LogP) is 0.385. The SMILES string of the molecule is COCC(C)CNCC(=O)NCC1CC1. The van der Waals surface area contributed by atoms with Gasteiger partial charge in [0.05, 0.1) is 6.54 Å². The lowest BCUT2D eigenvalue weighted by Gasteiger charge is -2.11. The topological polar surface area (TPSA) is 50.4 Å². The van der Waals surface area contributed by atoms with E-state index in [-0.39, 0.29) is 5.91 Å². The number of nitrogens with one attached hydrogen (secondary N) is 2. The second-order valence-electron chi connectivity index (χ2n) is 4.44. The minimum atomic E-state index is 0.103.